The minimum absolute atomic E-state index is 0.0501. The molecular formula is C42H66N4O6. The van der Waals surface area contributed by atoms with E-state index in [1.165, 1.54) is 6.92 Å². The van der Waals surface area contributed by atoms with E-state index in [-0.39, 0.29) is 30.8 Å². The lowest BCUT2D eigenvalue weighted by Gasteiger charge is -2.37. The van der Waals surface area contributed by atoms with E-state index in [1.807, 2.05) is 19.9 Å². The molecule has 0 aromatic carbocycles. The van der Waals surface area contributed by atoms with E-state index < -0.39 is 36.1 Å². The first-order chi connectivity index (χ1) is 25.1. The normalized spacial score (nSPS) is 18.7. The summed E-state index contributed by atoms with van der Waals surface area (Å²) in [5, 5.41) is 18.1. The Kier molecular flexibility index (Phi) is 26.1. The average Bonchev–Trinajstić information content (AvgIpc) is 3.11. The molecule has 0 fully saturated rings. The van der Waals surface area contributed by atoms with Gasteiger partial charge in [-0.05, 0) is 89.5 Å². The first-order valence-corrected chi connectivity index (χ1v) is 19.2. The Labute approximate surface area is 312 Å². The van der Waals surface area contributed by atoms with E-state index in [9.17, 15) is 24.3 Å². The number of carbonyl (C=O) groups excluding carboxylic acids is 3. The van der Waals surface area contributed by atoms with Crippen molar-refractivity contribution in [2.45, 2.75) is 148 Å². The first kappa shape index (κ1) is 46.0. The van der Waals surface area contributed by atoms with Gasteiger partial charge in [-0.25, -0.2) is 4.79 Å². The number of rotatable bonds is 27. The van der Waals surface area contributed by atoms with Crippen LogP contribution in [-0.4, -0.2) is 65.7 Å². The maximum atomic E-state index is 13.1. The molecule has 1 aliphatic rings. The van der Waals surface area contributed by atoms with Crippen molar-refractivity contribution in [3.63, 3.8) is 0 Å². The molecule has 0 aromatic heterocycles. The van der Waals surface area contributed by atoms with Crippen LogP contribution in [0.4, 0.5) is 0 Å². The van der Waals surface area contributed by atoms with E-state index in [4.69, 9.17) is 10.5 Å². The fourth-order valence-corrected chi connectivity index (χ4v) is 5.57. The van der Waals surface area contributed by atoms with Crippen LogP contribution in [0.5, 0.6) is 0 Å². The quantitative estimate of drug-likeness (QED) is 0.0449. The highest BCUT2D eigenvalue weighted by atomic mass is 16.5. The molecule has 10 heteroatoms. The van der Waals surface area contributed by atoms with Gasteiger partial charge in [-0.3, -0.25) is 14.4 Å². The highest BCUT2D eigenvalue weighted by molar-refractivity contribution is 5.96. The van der Waals surface area contributed by atoms with Crippen molar-refractivity contribution in [2.24, 2.45) is 5.73 Å². The largest absolute Gasteiger partial charge is 0.480 e. The fourth-order valence-electron chi connectivity index (χ4n) is 5.57. The number of unbranched alkanes of at least 4 members (excludes halogenated alkanes) is 1. The summed E-state index contributed by atoms with van der Waals surface area (Å²) in [6.45, 7) is 7.98. The monoisotopic (exact) mass is 722 g/mol. The molecule has 4 atom stereocenters. The van der Waals surface area contributed by atoms with Crippen molar-refractivity contribution in [3.8, 4) is 0 Å². The molecule has 10 nitrogen and oxygen atoms in total. The predicted octanol–water partition coefficient (Wildman–Crippen LogP) is 7.06. The SMILES string of the molecule is CCC=CCC=CCC=CCC=CCC=CCC=CCCC(=O)NCCCCC(NC(=O)C1=C[C@@H](OC(CC)CC)[C@H](NC(C)=O)[C@@H](N)C1)C(=O)O. The van der Waals surface area contributed by atoms with Gasteiger partial charge in [0.05, 0.1) is 18.2 Å². The lowest BCUT2D eigenvalue weighted by molar-refractivity contribution is -0.141. The first-order valence-electron chi connectivity index (χ1n) is 19.2. The lowest BCUT2D eigenvalue weighted by atomic mass is 9.87. The van der Waals surface area contributed by atoms with Crippen LogP contribution in [0.1, 0.15) is 118 Å². The van der Waals surface area contributed by atoms with E-state index in [0.717, 1.165) is 51.4 Å². The minimum Gasteiger partial charge on any atom is -0.480 e. The van der Waals surface area contributed by atoms with Crippen molar-refractivity contribution in [1.29, 1.82) is 0 Å². The van der Waals surface area contributed by atoms with Crippen molar-refractivity contribution in [1.82, 2.24) is 16.0 Å². The van der Waals surface area contributed by atoms with Crippen molar-refractivity contribution < 1.29 is 29.0 Å². The summed E-state index contributed by atoms with van der Waals surface area (Å²) in [6, 6.07) is -2.15. The van der Waals surface area contributed by atoms with E-state index in [0.29, 0.717) is 37.8 Å². The molecule has 0 aromatic rings. The number of ether oxygens (including phenoxy) is 1. The highest BCUT2D eigenvalue weighted by Crippen LogP contribution is 2.24. The molecule has 3 amide bonds. The van der Waals surface area contributed by atoms with Gasteiger partial charge in [-0.2, -0.15) is 0 Å². The van der Waals surface area contributed by atoms with Gasteiger partial charge in [0, 0.05) is 31.5 Å². The van der Waals surface area contributed by atoms with Crippen molar-refractivity contribution in [3.05, 3.63) is 84.6 Å². The van der Waals surface area contributed by atoms with Gasteiger partial charge < -0.3 is 31.5 Å². The van der Waals surface area contributed by atoms with Crippen LogP contribution in [0.15, 0.2) is 84.6 Å². The van der Waals surface area contributed by atoms with Crippen LogP contribution in [0.2, 0.25) is 0 Å². The van der Waals surface area contributed by atoms with Gasteiger partial charge in [-0.1, -0.05) is 93.7 Å². The second kappa shape index (κ2) is 29.5. The van der Waals surface area contributed by atoms with Crippen LogP contribution in [-0.2, 0) is 23.9 Å². The van der Waals surface area contributed by atoms with Crippen LogP contribution in [0.25, 0.3) is 0 Å². The molecule has 0 spiro atoms. The molecule has 0 aliphatic heterocycles. The van der Waals surface area contributed by atoms with Gasteiger partial charge in [0.15, 0.2) is 0 Å². The lowest BCUT2D eigenvalue weighted by Crippen LogP contribution is -2.57. The summed E-state index contributed by atoms with van der Waals surface area (Å²) in [4.78, 5) is 49.1. The number of hydrogen-bond acceptors (Lipinski definition) is 6. The molecule has 0 saturated carbocycles. The zero-order valence-corrected chi connectivity index (χ0v) is 32.1. The van der Waals surface area contributed by atoms with Crippen LogP contribution >= 0.6 is 0 Å². The Morgan fingerprint density at radius 3 is 1.88 bits per heavy atom. The molecule has 6 N–H and O–H groups in total. The van der Waals surface area contributed by atoms with Gasteiger partial charge in [0.2, 0.25) is 17.7 Å². The summed E-state index contributed by atoms with van der Waals surface area (Å²) in [5.74, 6) is -1.93. The molecule has 1 aliphatic carbocycles. The molecule has 0 heterocycles. The molecule has 290 valence electrons. The highest BCUT2D eigenvalue weighted by Gasteiger charge is 2.36. The number of carbonyl (C=O) groups is 4. The zero-order chi connectivity index (χ0) is 38.4. The average molecular weight is 723 g/mol. The summed E-state index contributed by atoms with van der Waals surface area (Å²) < 4.78 is 6.19. The zero-order valence-electron chi connectivity index (χ0n) is 32.1. The Bertz CT molecular complexity index is 1260. The Hall–Kier alpha value is -4.02. The van der Waals surface area contributed by atoms with Gasteiger partial charge in [0.25, 0.3) is 0 Å². The van der Waals surface area contributed by atoms with Crippen molar-refractivity contribution in [2.75, 3.05) is 6.54 Å². The second-order valence-electron chi connectivity index (χ2n) is 13.0. The van der Waals surface area contributed by atoms with Gasteiger partial charge in [-0.15, -0.1) is 0 Å². The molecule has 0 bridgehead atoms. The summed E-state index contributed by atoms with van der Waals surface area (Å²) in [6.07, 6.45) is 36.5. The standard InChI is InChI=1S/C42H66N4O6/c1-5-8-9-10-11-12-13-14-15-16-17-18-19-20-21-22-23-24-25-29-39(48)44-30-27-26-28-37(42(50)51)46-41(49)34-31-36(43)40(45-33(4)47)38(32-34)52-35(6-2)7-3/h8-9,11-12,14-15,17-18,20-21,23-24,32,35-38,40H,5-7,10,13,16,19,22,25-31,43H2,1-4H3,(H,44,48)(H,45,47)(H,46,49)(H,50,51)/t36-,37?,38+,40+/m0/s1. The van der Waals surface area contributed by atoms with Crippen LogP contribution < -0.4 is 21.7 Å². The third-order valence-electron chi connectivity index (χ3n) is 8.54. The molecule has 1 rings (SSSR count). The van der Waals surface area contributed by atoms with Crippen molar-refractivity contribution >= 4 is 23.7 Å². The fraction of sp³-hybridized carbons (Fsp3) is 0.571. The molecule has 1 unspecified atom stereocenters. The number of aliphatic carboxylic acids is 1. The van der Waals surface area contributed by atoms with Gasteiger partial charge in [0.1, 0.15) is 6.04 Å². The predicted molar refractivity (Wildman–Crippen MR) is 211 cm³/mol. The Morgan fingerprint density at radius 1 is 0.846 bits per heavy atom. The summed E-state index contributed by atoms with van der Waals surface area (Å²) in [5.41, 5.74) is 6.70. The molecular weight excluding hydrogens is 656 g/mol. The summed E-state index contributed by atoms with van der Waals surface area (Å²) >= 11 is 0. The smallest absolute Gasteiger partial charge is 0.326 e. The third-order valence-corrected chi connectivity index (χ3v) is 8.54. The number of carboxylic acid groups (broad SMARTS) is 1. The third kappa shape index (κ3) is 22.0. The minimum atomic E-state index is -1.13. The summed E-state index contributed by atoms with van der Waals surface area (Å²) in [7, 11) is 0. The number of carboxylic acids is 1. The number of nitrogens with two attached hydrogens (primary N) is 1. The topological polar surface area (TPSA) is 160 Å². The molecule has 0 radical (unpaired) electrons. The van der Waals surface area contributed by atoms with Crippen LogP contribution in [0.3, 0.4) is 0 Å². The van der Waals surface area contributed by atoms with Crippen LogP contribution in [0, 0.1) is 0 Å². The number of hydrogen-bond donors (Lipinski definition) is 5. The maximum absolute atomic E-state index is 13.1. The van der Waals surface area contributed by atoms with Gasteiger partial charge >= 0.3 is 5.97 Å². The second-order valence-corrected chi connectivity index (χ2v) is 13.0. The Balaban J connectivity index is 2.32. The number of nitrogens with one attached hydrogen (secondary N) is 3. The number of amides is 3. The Morgan fingerprint density at radius 2 is 1.38 bits per heavy atom. The van der Waals surface area contributed by atoms with E-state index in [2.05, 4.69) is 89.7 Å². The number of allylic oxidation sites excluding steroid dienone is 12. The maximum Gasteiger partial charge on any atom is 0.326 e. The van der Waals surface area contributed by atoms with E-state index >= 15 is 0 Å². The molecule has 52 heavy (non-hydrogen) atoms. The van der Waals surface area contributed by atoms with E-state index in [1.54, 1.807) is 6.08 Å². The molecule has 0 saturated heterocycles.